The van der Waals surface area contributed by atoms with Gasteiger partial charge in [-0.25, -0.2) is 0 Å². The summed E-state index contributed by atoms with van der Waals surface area (Å²) in [5, 5.41) is 82.5. The molecule has 52 heavy (non-hydrogen) atoms. The van der Waals surface area contributed by atoms with Crippen molar-refractivity contribution in [2.24, 2.45) is 10.2 Å². The Kier molecular flexibility index (Phi) is 22.3. The van der Waals surface area contributed by atoms with Crippen LogP contribution in [0.1, 0.15) is 24.2 Å². The molecule has 252 valence electrons. The number of aliphatic hydroxyl groups excluding tert-OH is 1. The normalized spacial score (nSPS) is 11.5. The molecule has 6 N–H and O–H groups in total. The van der Waals surface area contributed by atoms with Crippen molar-refractivity contribution in [3.63, 3.8) is 0 Å². The largest absolute Gasteiger partial charge is 1.00 e. The van der Waals surface area contributed by atoms with E-state index in [4.69, 9.17) is 5.73 Å². The van der Waals surface area contributed by atoms with Crippen molar-refractivity contribution in [3.8, 4) is 5.75 Å². The number of nitrogen functional groups attached to an aromatic ring is 1. The Balaban J connectivity index is 0.00000650. The minimum absolute atomic E-state index is 0. The maximum absolute atomic E-state index is 12.1. The van der Waals surface area contributed by atoms with Crippen LogP contribution >= 0.6 is 12.0 Å². The van der Waals surface area contributed by atoms with Crippen LogP contribution in [0, 0.1) is 0 Å². The van der Waals surface area contributed by atoms with Crippen LogP contribution in [0.2, 0.25) is 0 Å². The van der Waals surface area contributed by atoms with Crippen molar-refractivity contribution < 1.29 is 173 Å². The molecule has 3 aromatic carbocycles. The number of fused-ring (bicyclic) bond motifs is 1. The van der Waals surface area contributed by atoms with Crippen molar-refractivity contribution in [3.05, 3.63) is 48.0 Å². The number of hydrogen-bond acceptors (Lipinski definition) is 21. The van der Waals surface area contributed by atoms with E-state index in [0.29, 0.717) is 22.3 Å². The topological polar surface area (TPSA) is 319 Å². The van der Waals surface area contributed by atoms with Crippen molar-refractivity contribution in [2.75, 3.05) is 28.0 Å². The zero-order chi connectivity index (χ0) is 35.1. The van der Waals surface area contributed by atoms with Gasteiger partial charge in [-0.15, -0.1) is 10.2 Å². The average Bonchev–Trinajstić information content (AvgIpc) is 3.03. The van der Waals surface area contributed by atoms with Gasteiger partial charge in [-0.1, -0.05) is 6.07 Å². The third kappa shape index (κ3) is 12.9. The fourth-order valence-electron chi connectivity index (χ4n) is 4.07. The number of hydrogen-bond donors (Lipinski definition) is 5. The third-order valence-electron chi connectivity index (χ3n) is 6.50. The first-order valence-corrected chi connectivity index (χ1v) is 14.1. The fourth-order valence-corrected chi connectivity index (χ4v) is 4.51. The summed E-state index contributed by atoms with van der Waals surface area (Å²) in [5.74, 6) is -6.15. The average molecular weight is 774 g/mol. The Hall–Kier alpha value is -1.87. The maximum Gasteiger partial charge on any atom is 1.00 e. The second-order valence-corrected chi connectivity index (χ2v) is 10.5. The standard InChI is InChI=1S/C27H27N9O11S.4Na/c1-11(22(39)40)29-25-31-26(33-27(32-25)36(10-37)12(2)23(41)42)30-14-4-6-18(16(8-14)24(43)44)34-35-21-17(28)5-3-13-7-15(48-47-46-45)9-19(38)20(13)21;;;;/h3-9,11-12,37-38,45H,10,28H2,1-2H3,(H,39,40)(H,41,42)(H,43,44)(H2,29,30,31,32,33);;;;/q;4*+1/p-4. The fraction of sp³-hybridized carbons (Fsp3) is 0.185. The van der Waals surface area contributed by atoms with Crippen LogP contribution < -0.4 is 160 Å². The quantitative estimate of drug-likeness (QED) is 0.0142. The molecule has 0 aliphatic rings. The molecule has 0 aliphatic heterocycles. The second kappa shape index (κ2) is 23.1. The number of phenols is 1. The van der Waals surface area contributed by atoms with Crippen molar-refractivity contribution in [1.29, 1.82) is 0 Å². The number of anilines is 5. The Morgan fingerprint density at radius 1 is 0.962 bits per heavy atom. The minimum Gasteiger partial charge on any atom is -0.691 e. The molecule has 1 aromatic heterocycles. The molecule has 1 heterocycles. The van der Waals surface area contributed by atoms with Crippen LogP contribution in [0.15, 0.2) is 57.6 Å². The summed E-state index contributed by atoms with van der Waals surface area (Å²) < 4.78 is 4.28. The molecule has 4 aromatic rings. The number of carbonyl (C=O) groups excluding carboxylic acids is 3. The number of carbonyl (C=O) groups is 3. The molecule has 0 fully saturated rings. The Bertz CT molecular complexity index is 1920. The number of phenolic OH excluding ortho intramolecular Hbond substituents is 1. The number of aromatic nitrogens is 3. The van der Waals surface area contributed by atoms with Gasteiger partial charge in [-0.2, -0.15) is 19.3 Å². The van der Waals surface area contributed by atoms with Gasteiger partial charge < -0.3 is 66.4 Å². The van der Waals surface area contributed by atoms with Gasteiger partial charge >= 0.3 is 118 Å². The minimum atomic E-state index is -1.67. The first kappa shape index (κ1) is 50.1. The number of carboxylic acid groups (broad SMARTS) is 3. The molecule has 2 unspecified atom stereocenters. The van der Waals surface area contributed by atoms with Crippen LogP contribution in [0.5, 0.6) is 5.75 Å². The van der Waals surface area contributed by atoms with E-state index in [1.54, 1.807) is 6.07 Å². The predicted octanol–water partition coefficient (Wildman–Crippen LogP) is -13.5. The molecule has 0 saturated heterocycles. The molecule has 0 bridgehead atoms. The molecule has 0 aliphatic carbocycles. The molecule has 0 radical (unpaired) electrons. The van der Waals surface area contributed by atoms with E-state index in [1.807, 2.05) is 0 Å². The number of benzene rings is 3. The van der Waals surface area contributed by atoms with Gasteiger partial charge in [0.15, 0.2) is 0 Å². The van der Waals surface area contributed by atoms with E-state index < -0.39 is 48.2 Å². The number of nitrogens with zero attached hydrogens (tertiary/aromatic N) is 6. The van der Waals surface area contributed by atoms with E-state index in [9.17, 15) is 45.2 Å². The maximum atomic E-state index is 12.1. The number of nitrogens with two attached hydrogens (primary N) is 1. The molecule has 2 atom stereocenters. The van der Waals surface area contributed by atoms with E-state index in [0.717, 1.165) is 11.0 Å². The first-order valence-electron chi connectivity index (χ1n) is 13.4. The first-order chi connectivity index (χ1) is 22.8. The zero-order valence-corrected chi connectivity index (χ0v) is 37.5. The van der Waals surface area contributed by atoms with Crippen LogP contribution in [0.3, 0.4) is 0 Å². The molecule has 25 heteroatoms. The molecule has 4 rings (SSSR count). The van der Waals surface area contributed by atoms with Gasteiger partial charge in [0.25, 0.3) is 0 Å². The number of aliphatic hydroxyl groups is 1. The number of nitrogens with one attached hydrogen (secondary N) is 2. The summed E-state index contributed by atoms with van der Waals surface area (Å²) in [6.45, 7) is 1.53. The number of rotatable bonds is 15. The summed E-state index contributed by atoms with van der Waals surface area (Å²) >= 11 is 0.547. The zero-order valence-electron chi connectivity index (χ0n) is 28.6. The number of carboxylic acids is 3. The summed E-state index contributed by atoms with van der Waals surface area (Å²) in [4.78, 5) is 48.0. The van der Waals surface area contributed by atoms with E-state index in [2.05, 4.69) is 45.2 Å². The number of aromatic carboxylic acids is 1. The summed E-state index contributed by atoms with van der Waals surface area (Å²) in [7, 11) is 0. The van der Waals surface area contributed by atoms with E-state index >= 15 is 0 Å². The van der Waals surface area contributed by atoms with Crippen molar-refractivity contribution >= 4 is 81.3 Å². The van der Waals surface area contributed by atoms with Crippen molar-refractivity contribution in [1.82, 2.24) is 15.0 Å². The van der Waals surface area contributed by atoms with Gasteiger partial charge in [0, 0.05) is 16.1 Å². The van der Waals surface area contributed by atoms with Crippen LogP contribution in [0.4, 0.5) is 40.6 Å². The van der Waals surface area contributed by atoms with Crippen LogP contribution in [0.25, 0.3) is 10.8 Å². The third-order valence-corrected chi connectivity index (χ3v) is 7.06. The SMILES string of the molecule is CC(Nc1nc(Nc2ccc(N=Nc3c(N)ccc4cc(SOO[O-])cc(O)c34)c(C(=O)[O-])c2)nc(N(CO)C(C)C(=O)[O-])n1)C(=O)[O-].[Na+].[Na+].[Na+].[Na+]. The Morgan fingerprint density at radius 3 is 2.23 bits per heavy atom. The molecule has 0 saturated carbocycles. The number of aromatic hydroxyl groups is 1. The van der Waals surface area contributed by atoms with Crippen LogP contribution in [-0.2, 0) is 19.0 Å². The molecular formula is C27H23N9Na4O11S. The smallest absolute Gasteiger partial charge is 0.691 e. The van der Waals surface area contributed by atoms with Gasteiger partial charge in [-0.3, -0.25) is 5.04 Å². The number of aliphatic carboxylic acids is 2. The summed E-state index contributed by atoms with van der Waals surface area (Å²) in [5.41, 5.74) is 5.54. The van der Waals surface area contributed by atoms with E-state index in [-0.39, 0.29) is 164 Å². The molecule has 0 amide bonds. The van der Waals surface area contributed by atoms with Gasteiger partial charge in [-0.05, 0) is 55.6 Å². The van der Waals surface area contributed by atoms with Gasteiger partial charge in [0.1, 0.15) is 18.2 Å². The predicted molar refractivity (Wildman–Crippen MR) is 158 cm³/mol. The van der Waals surface area contributed by atoms with Crippen molar-refractivity contribution in [2.45, 2.75) is 30.8 Å². The molecule has 20 nitrogen and oxygen atoms in total. The monoisotopic (exact) mass is 773 g/mol. The van der Waals surface area contributed by atoms with Gasteiger partial charge in [0.2, 0.25) is 17.8 Å². The summed E-state index contributed by atoms with van der Waals surface area (Å²) in [6, 6.07) is 6.75. The summed E-state index contributed by atoms with van der Waals surface area (Å²) in [6.07, 6.45) is 0. The number of azo groups is 1. The molecular weight excluding hydrogens is 750 g/mol. The second-order valence-electron chi connectivity index (χ2n) is 9.68. The Morgan fingerprint density at radius 2 is 1.63 bits per heavy atom. The Labute approximate surface area is 387 Å². The van der Waals surface area contributed by atoms with E-state index in [1.165, 1.54) is 44.2 Å². The molecule has 0 spiro atoms. The van der Waals surface area contributed by atoms with Crippen LogP contribution in [-0.4, -0.2) is 61.9 Å². The van der Waals surface area contributed by atoms with Gasteiger partial charge in [0.05, 0.1) is 58.8 Å².